The van der Waals surface area contributed by atoms with Gasteiger partial charge < -0.3 is 15.5 Å². The highest BCUT2D eigenvalue weighted by Gasteiger charge is 2.01. The number of aromatic nitrogens is 1. The number of rotatable bonds is 6. The molecule has 0 saturated heterocycles. The Balaban J connectivity index is 1.76. The van der Waals surface area contributed by atoms with Crippen LogP contribution >= 0.6 is 11.3 Å². The average Bonchev–Trinajstić information content (AvgIpc) is 2.90. The van der Waals surface area contributed by atoms with E-state index in [1.54, 1.807) is 23.9 Å². The van der Waals surface area contributed by atoms with E-state index in [2.05, 4.69) is 15.7 Å². The molecule has 0 fully saturated rings. The first-order valence-electron chi connectivity index (χ1n) is 5.23. The van der Waals surface area contributed by atoms with E-state index in [1.807, 2.05) is 6.07 Å². The van der Waals surface area contributed by atoms with Crippen molar-refractivity contribution in [1.82, 2.24) is 10.3 Å². The zero-order valence-electron chi connectivity index (χ0n) is 8.98. The van der Waals surface area contributed by atoms with Gasteiger partial charge in [-0.2, -0.15) is 0 Å². The molecule has 5 heteroatoms. The van der Waals surface area contributed by atoms with Crippen LogP contribution in [0.5, 0.6) is 0 Å². The molecule has 0 spiro atoms. The lowest BCUT2D eigenvalue weighted by Gasteiger charge is -1.99. The summed E-state index contributed by atoms with van der Waals surface area (Å²) in [6.07, 6.45) is 4.29. The molecule has 2 aromatic rings. The van der Waals surface area contributed by atoms with Crippen molar-refractivity contribution < 1.29 is 4.42 Å². The Hall–Kier alpha value is -1.17. The van der Waals surface area contributed by atoms with Crippen molar-refractivity contribution in [3.63, 3.8) is 0 Å². The Morgan fingerprint density at radius 3 is 3.12 bits per heavy atom. The number of nitrogens with zero attached hydrogens (tertiary/aromatic N) is 1. The molecular weight excluding hydrogens is 222 g/mol. The van der Waals surface area contributed by atoms with Gasteiger partial charge in [0.1, 0.15) is 0 Å². The molecular formula is C11H15N3OS. The highest BCUT2D eigenvalue weighted by atomic mass is 32.1. The van der Waals surface area contributed by atoms with Gasteiger partial charge in [0.2, 0.25) is 0 Å². The van der Waals surface area contributed by atoms with Gasteiger partial charge in [0, 0.05) is 30.5 Å². The van der Waals surface area contributed by atoms with Crippen LogP contribution in [0.15, 0.2) is 28.4 Å². The molecule has 86 valence electrons. The summed E-state index contributed by atoms with van der Waals surface area (Å²) in [5.74, 6) is 0. The Labute approximate surface area is 98.5 Å². The van der Waals surface area contributed by atoms with Crippen LogP contribution < -0.4 is 11.1 Å². The van der Waals surface area contributed by atoms with Crippen molar-refractivity contribution in [2.75, 3.05) is 6.54 Å². The van der Waals surface area contributed by atoms with Crippen LogP contribution in [0, 0.1) is 0 Å². The first-order chi connectivity index (χ1) is 7.88. The zero-order chi connectivity index (χ0) is 11.2. The number of nitrogens with one attached hydrogen (secondary N) is 1. The second kappa shape index (κ2) is 5.79. The number of furan rings is 1. The number of thiazole rings is 1. The minimum absolute atomic E-state index is 0.662. The summed E-state index contributed by atoms with van der Waals surface area (Å²) in [6.45, 7) is 2.25. The number of nitrogens with two attached hydrogens (primary N) is 1. The third-order valence-electron chi connectivity index (χ3n) is 2.17. The summed E-state index contributed by atoms with van der Waals surface area (Å²) in [7, 11) is 0. The predicted octanol–water partition coefficient (Wildman–Crippen LogP) is 1.53. The van der Waals surface area contributed by atoms with E-state index in [0.717, 1.165) is 35.8 Å². The van der Waals surface area contributed by atoms with Gasteiger partial charge in [-0.25, -0.2) is 4.98 Å². The molecule has 0 radical (unpaired) electrons. The van der Waals surface area contributed by atoms with Crippen molar-refractivity contribution in [3.8, 4) is 0 Å². The van der Waals surface area contributed by atoms with Crippen LogP contribution in [0.1, 0.15) is 16.3 Å². The van der Waals surface area contributed by atoms with Crippen LogP contribution in [-0.2, 0) is 19.5 Å². The Morgan fingerprint density at radius 2 is 2.38 bits per heavy atom. The standard InChI is InChI=1S/C11H15N3OS/c12-3-1-11-14-10(8-16-11)6-13-5-9-2-4-15-7-9/h2,4,7-8,13H,1,3,5-6,12H2. The fourth-order valence-electron chi connectivity index (χ4n) is 1.40. The molecule has 16 heavy (non-hydrogen) atoms. The van der Waals surface area contributed by atoms with Crippen LogP contribution in [-0.4, -0.2) is 11.5 Å². The highest BCUT2D eigenvalue weighted by Crippen LogP contribution is 2.10. The van der Waals surface area contributed by atoms with E-state index in [9.17, 15) is 0 Å². The predicted molar refractivity (Wildman–Crippen MR) is 64.1 cm³/mol. The molecule has 2 rings (SSSR count). The summed E-state index contributed by atoms with van der Waals surface area (Å²) in [5, 5.41) is 6.50. The molecule has 0 bridgehead atoms. The molecule has 0 aliphatic heterocycles. The van der Waals surface area contributed by atoms with Crippen LogP contribution in [0.25, 0.3) is 0 Å². The van der Waals surface area contributed by atoms with Crippen LogP contribution in [0.4, 0.5) is 0 Å². The second-order valence-electron chi connectivity index (χ2n) is 3.51. The molecule has 0 saturated carbocycles. The molecule has 2 aromatic heterocycles. The van der Waals surface area contributed by atoms with Crippen molar-refractivity contribution in [3.05, 3.63) is 40.2 Å². The van der Waals surface area contributed by atoms with Gasteiger partial charge >= 0.3 is 0 Å². The summed E-state index contributed by atoms with van der Waals surface area (Å²) in [4.78, 5) is 4.47. The normalized spacial score (nSPS) is 10.8. The Kier molecular flexibility index (Phi) is 4.10. The maximum atomic E-state index is 5.47. The molecule has 2 heterocycles. The third-order valence-corrected chi connectivity index (χ3v) is 3.13. The first-order valence-corrected chi connectivity index (χ1v) is 6.11. The molecule has 0 unspecified atom stereocenters. The van der Waals surface area contributed by atoms with Gasteiger partial charge in [-0.05, 0) is 12.6 Å². The van der Waals surface area contributed by atoms with Gasteiger partial charge in [0.05, 0.1) is 23.2 Å². The lowest BCUT2D eigenvalue weighted by Crippen LogP contribution is -2.12. The van der Waals surface area contributed by atoms with E-state index in [4.69, 9.17) is 10.2 Å². The number of hydrogen-bond acceptors (Lipinski definition) is 5. The first kappa shape index (κ1) is 11.3. The smallest absolute Gasteiger partial charge is 0.0947 e. The van der Waals surface area contributed by atoms with Crippen molar-refractivity contribution in [1.29, 1.82) is 0 Å². The summed E-state index contributed by atoms with van der Waals surface area (Å²) < 4.78 is 4.99. The third kappa shape index (κ3) is 3.16. The molecule has 0 atom stereocenters. The molecule has 3 N–H and O–H groups in total. The molecule has 0 amide bonds. The van der Waals surface area contributed by atoms with E-state index in [0.29, 0.717) is 6.54 Å². The lowest BCUT2D eigenvalue weighted by atomic mass is 10.3. The van der Waals surface area contributed by atoms with Gasteiger partial charge in [0.15, 0.2) is 0 Å². The quantitative estimate of drug-likeness (QED) is 0.799. The summed E-state index contributed by atoms with van der Waals surface area (Å²) in [6, 6.07) is 1.95. The zero-order valence-corrected chi connectivity index (χ0v) is 9.80. The van der Waals surface area contributed by atoms with Crippen molar-refractivity contribution in [2.45, 2.75) is 19.5 Å². The van der Waals surface area contributed by atoms with E-state index in [-0.39, 0.29) is 0 Å². The molecule has 0 aliphatic carbocycles. The topological polar surface area (TPSA) is 64.1 Å². The number of hydrogen-bond donors (Lipinski definition) is 2. The SMILES string of the molecule is NCCc1nc(CNCc2ccoc2)cs1. The van der Waals surface area contributed by atoms with E-state index in [1.165, 1.54) is 0 Å². The second-order valence-corrected chi connectivity index (χ2v) is 4.45. The minimum atomic E-state index is 0.662. The van der Waals surface area contributed by atoms with E-state index < -0.39 is 0 Å². The van der Waals surface area contributed by atoms with Crippen LogP contribution in [0.2, 0.25) is 0 Å². The average molecular weight is 237 g/mol. The van der Waals surface area contributed by atoms with Crippen LogP contribution in [0.3, 0.4) is 0 Å². The van der Waals surface area contributed by atoms with E-state index >= 15 is 0 Å². The van der Waals surface area contributed by atoms with Crippen molar-refractivity contribution in [2.24, 2.45) is 5.73 Å². The lowest BCUT2D eigenvalue weighted by molar-refractivity contribution is 0.560. The largest absolute Gasteiger partial charge is 0.472 e. The van der Waals surface area contributed by atoms with Gasteiger partial charge in [-0.1, -0.05) is 0 Å². The molecule has 0 aromatic carbocycles. The fraction of sp³-hybridized carbons (Fsp3) is 0.364. The molecule has 0 aliphatic rings. The molecule has 4 nitrogen and oxygen atoms in total. The summed E-state index contributed by atoms with van der Waals surface area (Å²) >= 11 is 1.67. The van der Waals surface area contributed by atoms with Gasteiger partial charge in [-0.3, -0.25) is 0 Å². The summed E-state index contributed by atoms with van der Waals surface area (Å²) in [5.41, 5.74) is 7.71. The van der Waals surface area contributed by atoms with Gasteiger partial charge in [-0.15, -0.1) is 11.3 Å². The maximum absolute atomic E-state index is 5.47. The maximum Gasteiger partial charge on any atom is 0.0947 e. The Bertz CT molecular complexity index is 411. The minimum Gasteiger partial charge on any atom is -0.472 e. The Morgan fingerprint density at radius 1 is 1.44 bits per heavy atom. The highest BCUT2D eigenvalue weighted by molar-refractivity contribution is 7.09. The fourth-order valence-corrected chi connectivity index (χ4v) is 2.21. The van der Waals surface area contributed by atoms with Gasteiger partial charge in [0.25, 0.3) is 0 Å². The monoisotopic (exact) mass is 237 g/mol. The van der Waals surface area contributed by atoms with Crippen molar-refractivity contribution >= 4 is 11.3 Å².